The third-order valence-corrected chi connectivity index (χ3v) is 7.67. The number of hydrogen-bond acceptors (Lipinski definition) is 5. The van der Waals surface area contributed by atoms with Crippen molar-refractivity contribution < 1.29 is 17.9 Å². The van der Waals surface area contributed by atoms with Crippen LogP contribution in [0.25, 0.3) is 0 Å². The third kappa shape index (κ3) is 3.08. The van der Waals surface area contributed by atoms with E-state index in [2.05, 4.69) is 0 Å². The lowest BCUT2D eigenvalue weighted by molar-refractivity contribution is -0.0892. The molecular weight excluding hydrogens is 376 g/mol. The van der Waals surface area contributed by atoms with Crippen molar-refractivity contribution in [2.75, 3.05) is 26.8 Å². The van der Waals surface area contributed by atoms with Gasteiger partial charge in [-0.25, -0.2) is 8.42 Å². The molecule has 1 spiro atoms. The topological polar surface area (TPSA) is 79.6 Å². The summed E-state index contributed by atoms with van der Waals surface area (Å²) in [6.45, 7) is 1.32. The molecular formula is C21H22N2O4S. The first-order valence-corrected chi connectivity index (χ1v) is 10.7. The zero-order valence-electron chi connectivity index (χ0n) is 15.7. The molecule has 1 fully saturated rings. The van der Waals surface area contributed by atoms with Gasteiger partial charge in [0.25, 0.3) is 0 Å². The molecule has 0 amide bonds. The quantitative estimate of drug-likeness (QED) is 0.794. The predicted molar refractivity (Wildman–Crippen MR) is 103 cm³/mol. The Bertz CT molecular complexity index is 1030. The van der Waals surface area contributed by atoms with Crippen molar-refractivity contribution in [1.82, 2.24) is 4.31 Å². The maximum Gasteiger partial charge on any atom is 0.244 e. The second-order valence-corrected chi connectivity index (χ2v) is 9.03. The van der Waals surface area contributed by atoms with E-state index in [-0.39, 0.29) is 10.5 Å². The first-order valence-electron chi connectivity index (χ1n) is 9.31. The number of hydrogen-bond donors (Lipinski definition) is 0. The van der Waals surface area contributed by atoms with Crippen molar-refractivity contribution in [3.8, 4) is 11.8 Å². The minimum Gasteiger partial charge on any atom is -0.497 e. The summed E-state index contributed by atoms with van der Waals surface area (Å²) < 4.78 is 39.2. The van der Waals surface area contributed by atoms with E-state index in [4.69, 9.17) is 9.47 Å². The van der Waals surface area contributed by atoms with Gasteiger partial charge < -0.3 is 9.47 Å². The van der Waals surface area contributed by atoms with E-state index >= 15 is 0 Å². The Morgan fingerprint density at radius 2 is 1.93 bits per heavy atom. The first-order chi connectivity index (χ1) is 13.5. The average Bonchev–Trinajstić information content (AvgIpc) is 2.74. The standard InChI is InChI=1S/C21H22N2O4S/c1-26-18-6-7-19-16(14-18)8-13-27-21(19)9-11-23(12-10-21)28(24,25)20-5-3-2-4-17(20)15-22/h2-7,14H,8-13H2,1H3. The highest BCUT2D eigenvalue weighted by Crippen LogP contribution is 2.43. The van der Waals surface area contributed by atoms with Crippen LogP contribution in [0.5, 0.6) is 5.75 Å². The Labute approximate surface area is 165 Å². The number of methoxy groups -OCH3 is 1. The molecule has 0 aliphatic carbocycles. The summed E-state index contributed by atoms with van der Waals surface area (Å²) in [5, 5.41) is 9.27. The highest BCUT2D eigenvalue weighted by molar-refractivity contribution is 7.89. The Hall–Kier alpha value is -2.40. The Balaban J connectivity index is 1.60. The molecule has 6 nitrogen and oxygen atoms in total. The maximum atomic E-state index is 13.1. The van der Waals surface area contributed by atoms with E-state index in [0.29, 0.717) is 32.5 Å². The van der Waals surface area contributed by atoms with Gasteiger partial charge >= 0.3 is 0 Å². The number of nitrogens with zero attached hydrogens (tertiary/aromatic N) is 2. The maximum absolute atomic E-state index is 13.1. The molecule has 0 saturated carbocycles. The summed E-state index contributed by atoms with van der Waals surface area (Å²) in [6.07, 6.45) is 1.99. The van der Waals surface area contributed by atoms with Crippen molar-refractivity contribution in [3.63, 3.8) is 0 Å². The van der Waals surface area contributed by atoms with E-state index in [1.807, 2.05) is 24.3 Å². The normalized spacial score (nSPS) is 19.0. The Morgan fingerprint density at radius 1 is 1.18 bits per heavy atom. The summed E-state index contributed by atoms with van der Waals surface area (Å²) in [6, 6.07) is 14.4. The smallest absolute Gasteiger partial charge is 0.244 e. The van der Waals surface area contributed by atoms with Gasteiger partial charge in [-0.05, 0) is 54.7 Å². The van der Waals surface area contributed by atoms with Crippen LogP contribution in [0, 0.1) is 11.3 Å². The highest BCUT2D eigenvalue weighted by Gasteiger charge is 2.43. The molecule has 4 rings (SSSR count). The van der Waals surface area contributed by atoms with Gasteiger partial charge in [0.15, 0.2) is 0 Å². The van der Waals surface area contributed by atoms with Crippen LogP contribution in [0.4, 0.5) is 0 Å². The average molecular weight is 398 g/mol. The van der Waals surface area contributed by atoms with Crippen molar-refractivity contribution in [1.29, 1.82) is 5.26 Å². The number of fused-ring (bicyclic) bond motifs is 2. The fourth-order valence-electron chi connectivity index (χ4n) is 4.21. The summed E-state index contributed by atoms with van der Waals surface area (Å²) in [4.78, 5) is 0.0724. The van der Waals surface area contributed by atoms with Gasteiger partial charge in [-0.2, -0.15) is 9.57 Å². The van der Waals surface area contributed by atoms with Gasteiger partial charge in [0.2, 0.25) is 10.0 Å². The van der Waals surface area contributed by atoms with Crippen LogP contribution in [-0.4, -0.2) is 39.5 Å². The van der Waals surface area contributed by atoms with Crippen molar-refractivity contribution in [2.45, 2.75) is 29.8 Å². The summed E-state index contributed by atoms with van der Waals surface area (Å²) >= 11 is 0. The third-order valence-electron chi connectivity index (χ3n) is 5.71. The molecule has 2 aliphatic rings. The summed E-state index contributed by atoms with van der Waals surface area (Å²) in [5.74, 6) is 0.823. The summed E-state index contributed by atoms with van der Waals surface area (Å²) in [5.41, 5.74) is 2.06. The lowest BCUT2D eigenvalue weighted by Gasteiger charge is -2.44. The van der Waals surface area contributed by atoms with Crippen LogP contribution in [0.15, 0.2) is 47.4 Å². The molecule has 2 heterocycles. The van der Waals surface area contributed by atoms with Crippen LogP contribution in [-0.2, 0) is 26.8 Å². The number of rotatable bonds is 3. The van der Waals surface area contributed by atoms with Gasteiger partial charge in [-0.3, -0.25) is 0 Å². The first kappa shape index (κ1) is 18.9. The monoisotopic (exact) mass is 398 g/mol. The van der Waals surface area contributed by atoms with E-state index in [9.17, 15) is 13.7 Å². The molecule has 0 bridgehead atoms. The number of ether oxygens (including phenoxy) is 2. The fourth-order valence-corrected chi connectivity index (χ4v) is 5.79. The number of piperidine rings is 1. The second kappa shape index (κ2) is 7.21. The molecule has 0 atom stereocenters. The van der Waals surface area contributed by atoms with Crippen molar-refractivity contribution >= 4 is 10.0 Å². The molecule has 0 radical (unpaired) electrons. The molecule has 1 saturated heterocycles. The zero-order chi connectivity index (χ0) is 19.8. The van der Waals surface area contributed by atoms with E-state index < -0.39 is 15.6 Å². The molecule has 0 aromatic heterocycles. The van der Waals surface area contributed by atoms with Crippen molar-refractivity contribution in [3.05, 3.63) is 59.2 Å². The van der Waals surface area contributed by atoms with E-state index in [0.717, 1.165) is 17.7 Å². The van der Waals surface area contributed by atoms with Gasteiger partial charge in [-0.15, -0.1) is 0 Å². The van der Waals surface area contributed by atoms with E-state index in [1.165, 1.54) is 22.0 Å². The molecule has 0 N–H and O–H groups in total. The molecule has 2 aromatic rings. The molecule has 28 heavy (non-hydrogen) atoms. The number of nitriles is 1. The van der Waals surface area contributed by atoms with Crippen LogP contribution < -0.4 is 4.74 Å². The number of benzene rings is 2. The molecule has 2 aliphatic heterocycles. The van der Waals surface area contributed by atoms with Crippen LogP contribution in [0.1, 0.15) is 29.5 Å². The lowest BCUT2D eigenvalue weighted by Crippen LogP contribution is -2.48. The largest absolute Gasteiger partial charge is 0.497 e. The van der Waals surface area contributed by atoms with Gasteiger partial charge in [0.05, 0.1) is 29.8 Å². The molecule has 7 heteroatoms. The summed E-state index contributed by atoms with van der Waals surface area (Å²) in [7, 11) is -2.06. The van der Waals surface area contributed by atoms with E-state index in [1.54, 1.807) is 19.2 Å². The highest BCUT2D eigenvalue weighted by atomic mass is 32.2. The number of sulfonamides is 1. The molecule has 2 aromatic carbocycles. The van der Waals surface area contributed by atoms with Crippen LogP contribution >= 0.6 is 0 Å². The lowest BCUT2D eigenvalue weighted by atomic mass is 9.80. The van der Waals surface area contributed by atoms with Gasteiger partial charge in [-0.1, -0.05) is 18.2 Å². The second-order valence-electron chi connectivity index (χ2n) is 7.13. The van der Waals surface area contributed by atoms with Crippen LogP contribution in [0.3, 0.4) is 0 Å². The Morgan fingerprint density at radius 3 is 2.64 bits per heavy atom. The molecule has 0 unspecified atom stereocenters. The Kier molecular flexibility index (Phi) is 4.88. The van der Waals surface area contributed by atoms with Crippen LogP contribution in [0.2, 0.25) is 0 Å². The SMILES string of the molecule is COc1ccc2c(c1)CCOC21CCN(S(=O)(=O)c2ccccc2C#N)CC1. The zero-order valence-corrected chi connectivity index (χ0v) is 16.5. The van der Waals surface area contributed by atoms with Crippen molar-refractivity contribution in [2.24, 2.45) is 0 Å². The minimum absolute atomic E-state index is 0.0724. The minimum atomic E-state index is -3.71. The van der Waals surface area contributed by atoms with Gasteiger partial charge in [0, 0.05) is 13.1 Å². The fraction of sp³-hybridized carbons (Fsp3) is 0.381. The molecule has 146 valence electrons. The van der Waals surface area contributed by atoms with Gasteiger partial charge in [0.1, 0.15) is 11.8 Å². The predicted octanol–water partition coefficient (Wildman–Crippen LogP) is 2.82.